The Kier molecular flexibility index (Phi) is 8.91. The van der Waals surface area contributed by atoms with Crippen LogP contribution in [0.3, 0.4) is 0 Å². The van der Waals surface area contributed by atoms with Gasteiger partial charge in [0.25, 0.3) is 5.91 Å². The second-order valence-corrected chi connectivity index (χ2v) is 8.05. The summed E-state index contributed by atoms with van der Waals surface area (Å²) in [7, 11) is 0. The normalized spacial score (nSPS) is 19.6. The van der Waals surface area contributed by atoms with Crippen molar-refractivity contribution < 1.29 is 4.79 Å². The van der Waals surface area contributed by atoms with Gasteiger partial charge in [-0.15, -0.1) is 0 Å². The molecule has 0 aromatic heterocycles. The fourth-order valence-electron chi connectivity index (χ4n) is 3.95. The topological polar surface area (TPSA) is 68.8 Å². The van der Waals surface area contributed by atoms with Gasteiger partial charge in [-0.3, -0.25) is 14.7 Å². The van der Waals surface area contributed by atoms with E-state index in [-0.39, 0.29) is 5.91 Å². The number of nitrogens with one attached hydrogen (secondary N) is 3. The number of piperidine rings is 1. The summed E-state index contributed by atoms with van der Waals surface area (Å²) in [4.78, 5) is 19.3. The van der Waals surface area contributed by atoms with E-state index in [2.05, 4.69) is 70.0 Å². The Labute approximate surface area is 186 Å². The van der Waals surface area contributed by atoms with Gasteiger partial charge in [0, 0.05) is 43.8 Å². The molecule has 1 aliphatic heterocycles. The summed E-state index contributed by atoms with van der Waals surface area (Å²) in [5.74, 6) is 0.763. The average Bonchev–Trinajstić information content (AvgIpc) is 2.80. The van der Waals surface area contributed by atoms with Gasteiger partial charge in [0.05, 0.1) is 6.54 Å². The van der Waals surface area contributed by atoms with Crippen molar-refractivity contribution in [2.75, 3.05) is 26.2 Å². The highest BCUT2D eigenvalue weighted by molar-refractivity contribution is 5.94. The Morgan fingerprint density at radius 3 is 2.45 bits per heavy atom. The van der Waals surface area contributed by atoms with Gasteiger partial charge in [-0.05, 0) is 44.4 Å². The Balaban J connectivity index is 1.44. The van der Waals surface area contributed by atoms with Crippen LogP contribution in [0.15, 0.2) is 65.7 Å². The van der Waals surface area contributed by atoms with E-state index in [4.69, 9.17) is 0 Å². The van der Waals surface area contributed by atoms with Gasteiger partial charge < -0.3 is 16.0 Å². The van der Waals surface area contributed by atoms with Crippen LogP contribution in [0.4, 0.5) is 0 Å². The van der Waals surface area contributed by atoms with E-state index in [1.54, 1.807) is 0 Å². The highest BCUT2D eigenvalue weighted by atomic mass is 16.1. The number of likely N-dealkylation sites (tertiary alicyclic amines) is 1. The lowest BCUT2D eigenvalue weighted by atomic mass is 9.97. The highest BCUT2D eigenvalue weighted by Gasteiger charge is 2.25. The first-order valence-electron chi connectivity index (χ1n) is 11.3. The number of aliphatic imine (C=N–C) groups is 1. The van der Waals surface area contributed by atoms with Crippen LogP contribution >= 0.6 is 0 Å². The molecule has 1 fully saturated rings. The fraction of sp³-hybridized carbons (Fsp3) is 0.440. The number of nitrogens with zero attached hydrogens (tertiary/aromatic N) is 2. The molecule has 0 radical (unpaired) electrons. The molecular weight excluding hydrogens is 386 g/mol. The van der Waals surface area contributed by atoms with Crippen molar-refractivity contribution in [1.29, 1.82) is 0 Å². The van der Waals surface area contributed by atoms with E-state index < -0.39 is 0 Å². The maximum Gasteiger partial charge on any atom is 0.251 e. The molecule has 0 saturated carbocycles. The predicted octanol–water partition coefficient (Wildman–Crippen LogP) is 3.02. The van der Waals surface area contributed by atoms with Crippen molar-refractivity contribution in [2.45, 2.75) is 45.3 Å². The smallest absolute Gasteiger partial charge is 0.251 e. The van der Waals surface area contributed by atoms with E-state index in [1.165, 1.54) is 5.56 Å². The lowest BCUT2D eigenvalue weighted by Crippen LogP contribution is -2.51. The number of guanidine groups is 1. The van der Waals surface area contributed by atoms with Crippen LogP contribution in [0.25, 0.3) is 0 Å². The molecule has 166 valence electrons. The van der Waals surface area contributed by atoms with E-state index in [0.29, 0.717) is 30.7 Å². The third-order valence-corrected chi connectivity index (χ3v) is 5.63. The minimum atomic E-state index is -0.0617. The molecule has 31 heavy (non-hydrogen) atoms. The lowest BCUT2D eigenvalue weighted by Gasteiger charge is -2.38. The van der Waals surface area contributed by atoms with E-state index >= 15 is 0 Å². The van der Waals surface area contributed by atoms with Crippen LogP contribution in [0.1, 0.15) is 42.6 Å². The number of carbonyl (C=O) groups is 1. The van der Waals surface area contributed by atoms with Crippen LogP contribution in [-0.2, 0) is 6.54 Å². The number of amides is 1. The fourth-order valence-corrected chi connectivity index (χ4v) is 3.95. The van der Waals surface area contributed by atoms with Gasteiger partial charge in [0.2, 0.25) is 0 Å². The quantitative estimate of drug-likeness (QED) is 0.348. The molecule has 6 heteroatoms. The number of hydrogen-bond acceptors (Lipinski definition) is 3. The van der Waals surface area contributed by atoms with Gasteiger partial charge >= 0.3 is 0 Å². The zero-order chi connectivity index (χ0) is 21.9. The van der Waals surface area contributed by atoms with Crippen LogP contribution in [0, 0.1) is 0 Å². The Morgan fingerprint density at radius 2 is 1.77 bits per heavy atom. The number of carbonyl (C=O) groups excluding carboxylic acids is 1. The van der Waals surface area contributed by atoms with Crippen molar-refractivity contribution in [2.24, 2.45) is 4.99 Å². The Hall–Kier alpha value is -2.86. The highest BCUT2D eigenvalue weighted by Crippen LogP contribution is 2.19. The van der Waals surface area contributed by atoms with Crippen LogP contribution < -0.4 is 16.0 Å². The molecule has 2 atom stereocenters. The molecule has 2 aromatic rings. The number of benzene rings is 2. The van der Waals surface area contributed by atoms with E-state index in [9.17, 15) is 4.79 Å². The second-order valence-electron chi connectivity index (χ2n) is 8.05. The van der Waals surface area contributed by atoms with Crippen LogP contribution in [-0.4, -0.2) is 55.0 Å². The summed E-state index contributed by atoms with van der Waals surface area (Å²) >= 11 is 0. The molecule has 0 bridgehead atoms. The van der Waals surface area contributed by atoms with Crippen LogP contribution in [0.2, 0.25) is 0 Å². The van der Waals surface area contributed by atoms with Crippen molar-refractivity contribution in [3.63, 3.8) is 0 Å². The van der Waals surface area contributed by atoms with E-state index in [1.807, 2.05) is 30.3 Å². The SMILES string of the molecule is CCNC(=NCCNC(=O)c1ccccc1)NC1CCN(Cc2ccccc2)C(C)C1. The first-order chi connectivity index (χ1) is 15.2. The van der Waals surface area contributed by atoms with Gasteiger partial charge in [-0.25, -0.2) is 0 Å². The zero-order valence-corrected chi connectivity index (χ0v) is 18.7. The third kappa shape index (κ3) is 7.40. The van der Waals surface area contributed by atoms with Gasteiger partial charge in [-0.2, -0.15) is 0 Å². The summed E-state index contributed by atoms with van der Waals surface area (Å²) in [5, 5.41) is 9.85. The Morgan fingerprint density at radius 1 is 1.06 bits per heavy atom. The zero-order valence-electron chi connectivity index (χ0n) is 18.7. The first-order valence-corrected chi connectivity index (χ1v) is 11.3. The lowest BCUT2D eigenvalue weighted by molar-refractivity contribution is 0.0954. The molecule has 6 nitrogen and oxygen atoms in total. The maximum atomic E-state index is 12.1. The predicted molar refractivity (Wildman–Crippen MR) is 127 cm³/mol. The van der Waals surface area contributed by atoms with Crippen molar-refractivity contribution in [1.82, 2.24) is 20.9 Å². The van der Waals surface area contributed by atoms with Gasteiger partial charge in [0.1, 0.15) is 0 Å². The molecule has 3 N–H and O–H groups in total. The minimum absolute atomic E-state index is 0.0617. The number of rotatable bonds is 8. The molecule has 0 spiro atoms. The molecule has 2 aromatic carbocycles. The Bertz CT molecular complexity index is 824. The minimum Gasteiger partial charge on any atom is -0.357 e. The molecule has 1 amide bonds. The summed E-state index contributed by atoms with van der Waals surface area (Å²) in [6.45, 7) is 8.31. The average molecular weight is 422 g/mol. The maximum absolute atomic E-state index is 12.1. The van der Waals surface area contributed by atoms with Crippen LogP contribution in [0.5, 0.6) is 0 Å². The van der Waals surface area contributed by atoms with Gasteiger partial charge in [0.15, 0.2) is 5.96 Å². The van der Waals surface area contributed by atoms with E-state index in [0.717, 1.165) is 38.4 Å². The van der Waals surface area contributed by atoms with Crippen molar-refractivity contribution >= 4 is 11.9 Å². The summed E-state index contributed by atoms with van der Waals surface area (Å²) < 4.78 is 0. The molecule has 0 aliphatic carbocycles. The molecule has 3 rings (SSSR count). The summed E-state index contributed by atoms with van der Waals surface area (Å²) in [6, 6.07) is 20.9. The molecular formula is C25H35N5O. The summed E-state index contributed by atoms with van der Waals surface area (Å²) in [6.07, 6.45) is 2.17. The first kappa shape index (κ1) is 22.8. The molecule has 2 unspecified atom stereocenters. The second kappa shape index (κ2) is 12.1. The summed E-state index contributed by atoms with van der Waals surface area (Å²) in [5.41, 5.74) is 2.04. The van der Waals surface area contributed by atoms with Crippen molar-refractivity contribution in [3.8, 4) is 0 Å². The molecule has 1 heterocycles. The largest absolute Gasteiger partial charge is 0.357 e. The monoisotopic (exact) mass is 421 g/mol. The molecule has 1 aliphatic rings. The standard InChI is InChI=1S/C25H35N5O/c1-3-26-25(28-16-15-27-24(31)22-12-8-5-9-13-22)29-23-14-17-30(20(2)18-23)19-21-10-6-4-7-11-21/h4-13,20,23H,3,14-19H2,1-2H3,(H,27,31)(H2,26,28,29). The van der Waals surface area contributed by atoms with Gasteiger partial charge in [-0.1, -0.05) is 48.5 Å². The van der Waals surface area contributed by atoms with Crippen molar-refractivity contribution in [3.05, 3.63) is 71.8 Å². The number of hydrogen-bond donors (Lipinski definition) is 3. The molecule has 1 saturated heterocycles. The third-order valence-electron chi connectivity index (χ3n) is 5.63.